The minimum atomic E-state index is 0. The van der Waals surface area contributed by atoms with E-state index < -0.39 is 0 Å². The first kappa shape index (κ1) is 26.4. The third kappa shape index (κ3) is 7.92. The minimum absolute atomic E-state index is 0. The number of rotatable bonds is 4. The van der Waals surface area contributed by atoms with Gasteiger partial charge >= 0.3 is 0 Å². The monoisotopic (exact) mass is 451 g/mol. The zero-order valence-corrected chi connectivity index (χ0v) is 19.7. The highest BCUT2D eigenvalue weighted by molar-refractivity contribution is 5.95. The molecule has 1 N–H and O–H groups in total. The second kappa shape index (κ2) is 13.7. The van der Waals surface area contributed by atoms with Crippen LogP contribution in [0.15, 0.2) is 54.6 Å². The van der Waals surface area contributed by atoms with Gasteiger partial charge in [-0.25, -0.2) is 0 Å². The summed E-state index contributed by atoms with van der Waals surface area (Å²) in [6.07, 6.45) is 1.43. The molecule has 6 heteroatoms. The summed E-state index contributed by atoms with van der Waals surface area (Å²) in [5.41, 5.74) is 3.31. The van der Waals surface area contributed by atoms with Gasteiger partial charge in [-0.05, 0) is 36.1 Å². The molecule has 0 bridgehead atoms. The van der Waals surface area contributed by atoms with Crippen LogP contribution in [0.3, 0.4) is 0 Å². The first-order chi connectivity index (χ1) is 13.6. The van der Waals surface area contributed by atoms with Crippen LogP contribution >= 0.6 is 24.8 Å². The van der Waals surface area contributed by atoms with Crippen molar-refractivity contribution in [2.45, 2.75) is 33.2 Å². The summed E-state index contributed by atoms with van der Waals surface area (Å²) in [6.45, 7) is 10.2. The summed E-state index contributed by atoms with van der Waals surface area (Å²) in [5, 5.41) is 3.57. The predicted molar refractivity (Wildman–Crippen MR) is 131 cm³/mol. The third-order valence-electron chi connectivity index (χ3n) is 5.18. The Bertz CT molecular complexity index is 755. The van der Waals surface area contributed by atoms with Gasteiger partial charge in [-0.2, -0.15) is 0 Å². The Morgan fingerprint density at radius 2 is 1.67 bits per heavy atom. The Morgan fingerprint density at radius 1 is 0.967 bits per heavy atom. The molecule has 4 nitrogen and oxygen atoms in total. The van der Waals surface area contributed by atoms with Crippen LogP contribution in [0, 0.1) is 5.92 Å². The van der Waals surface area contributed by atoms with Crippen molar-refractivity contribution in [3.63, 3.8) is 0 Å². The highest BCUT2D eigenvalue weighted by Gasteiger charge is 2.20. The number of amides is 1. The van der Waals surface area contributed by atoms with Crippen molar-refractivity contribution in [1.82, 2.24) is 10.2 Å². The predicted octanol–water partition coefficient (Wildman–Crippen LogP) is 4.56. The number of carbonyl (C=O) groups is 1. The maximum absolute atomic E-state index is 13.2. The average molecular weight is 452 g/mol. The van der Waals surface area contributed by atoms with E-state index in [1.165, 1.54) is 5.56 Å². The first-order valence-electron chi connectivity index (χ1n) is 10.5. The first-order valence-corrected chi connectivity index (χ1v) is 10.5. The lowest BCUT2D eigenvalue weighted by molar-refractivity contribution is -0.118. The van der Waals surface area contributed by atoms with Crippen molar-refractivity contribution in [2.24, 2.45) is 5.92 Å². The number of nitrogens with one attached hydrogen (secondary N) is 1. The highest BCUT2D eigenvalue weighted by Crippen LogP contribution is 2.22. The van der Waals surface area contributed by atoms with Crippen molar-refractivity contribution in [1.29, 1.82) is 0 Å². The van der Waals surface area contributed by atoms with Crippen LogP contribution in [0.2, 0.25) is 0 Å². The number of benzene rings is 2. The number of anilines is 1. The van der Waals surface area contributed by atoms with Gasteiger partial charge in [0.2, 0.25) is 5.91 Å². The van der Waals surface area contributed by atoms with Crippen molar-refractivity contribution in [2.75, 3.05) is 37.6 Å². The van der Waals surface area contributed by atoms with Crippen molar-refractivity contribution >= 4 is 36.4 Å². The van der Waals surface area contributed by atoms with E-state index in [0.29, 0.717) is 12.3 Å². The molecular weight excluding hydrogens is 417 g/mol. The molecule has 2 aromatic carbocycles. The number of para-hydroxylation sites is 1. The zero-order chi connectivity index (χ0) is 19.8. The van der Waals surface area contributed by atoms with Crippen molar-refractivity contribution in [3.05, 3.63) is 65.7 Å². The van der Waals surface area contributed by atoms with E-state index in [2.05, 4.69) is 42.3 Å². The van der Waals surface area contributed by atoms with Gasteiger partial charge in [0.25, 0.3) is 0 Å². The minimum Gasteiger partial charge on any atom is -0.312 e. The van der Waals surface area contributed by atoms with Gasteiger partial charge in [0.1, 0.15) is 0 Å². The summed E-state index contributed by atoms with van der Waals surface area (Å²) in [5.74, 6) is 0.825. The molecule has 30 heavy (non-hydrogen) atoms. The van der Waals surface area contributed by atoms with Crippen molar-refractivity contribution in [3.8, 4) is 0 Å². The highest BCUT2D eigenvalue weighted by atomic mass is 35.5. The van der Waals surface area contributed by atoms with E-state index >= 15 is 0 Å². The molecule has 0 spiro atoms. The number of hydrogen-bond donors (Lipinski definition) is 1. The number of halogens is 2. The quantitative estimate of drug-likeness (QED) is 0.739. The normalized spacial score (nSPS) is 15.4. The van der Waals surface area contributed by atoms with Crippen LogP contribution in [0.1, 0.15) is 31.4 Å². The molecule has 0 saturated heterocycles. The summed E-state index contributed by atoms with van der Waals surface area (Å²) in [6, 6.07) is 18.4. The Hall–Kier alpha value is -1.59. The molecule has 1 heterocycles. The largest absolute Gasteiger partial charge is 0.312 e. The second-order valence-electron chi connectivity index (χ2n) is 8.06. The fraction of sp³-hybridized carbons (Fsp3) is 0.458. The number of nitrogens with zero attached hydrogens (tertiary/aromatic N) is 2. The molecule has 0 fully saturated rings. The fourth-order valence-electron chi connectivity index (χ4n) is 3.89. The molecule has 1 aliphatic heterocycles. The summed E-state index contributed by atoms with van der Waals surface area (Å²) in [7, 11) is 0. The molecule has 0 unspecified atom stereocenters. The maximum Gasteiger partial charge on any atom is 0.231 e. The standard InChI is InChI=1S/C24H33N3O.2ClH/c1-20(2)19-26-14-8-15-27(24(28)17-21-9-4-3-5-10-21)23-12-7-6-11-22(23)18-25-13-16-26;;/h3-7,9-12,20,25H,8,13-19H2,1-2H3;2*1H. The Kier molecular flexibility index (Phi) is 12.0. The molecular formula is C24H35Cl2N3O. The lowest BCUT2D eigenvalue weighted by Crippen LogP contribution is -2.37. The zero-order valence-electron chi connectivity index (χ0n) is 18.0. The van der Waals surface area contributed by atoms with Crippen LogP contribution in [-0.4, -0.2) is 43.5 Å². The number of fused-ring (bicyclic) bond motifs is 1. The van der Waals surface area contributed by atoms with Crippen LogP contribution < -0.4 is 10.2 Å². The van der Waals surface area contributed by atoms with Crippen LogP contribution in [0.25, 0.3) is 0 Å². The molecule has 1 amide bonds. The van der Waals surface area contributed by atoms with Gasteiger partial charge in [-0.15, -0.1) is 24.8 Å². The van der Waals surface area contributed by atoms with Gasteiger partial charge in [0, 0.05) is 38.4 Å². The van der Waals surface area contributed by atoms with Crippen molar-refractivity contribution < 1.29 is 4.79 Å². The van der Waals surface area contributed by atoms with E-state index in [-0.39, 0.29) is 30.7 Å². The summed E-state index contributed by atoms with van der Waals surface area (Å²) in [4.78, 5) is 17.8. The smallest absolute Gasteiger partial charge is 0.231 e. The number of hydrogen-bond acceptors (Lipinski definition) is 3. The molecule has 0 aromatic heterocycles. The molecule has 0 saturated carbocycles. The summed E-state index contributed by atoms with van der Waals surface area (Å²) >= 11 is 0. The lowest BCUT2D eigenvalue weighted by atomic mass is 10.1. The topological polar surface area (TPSA) is 35.6 Å². The fourth-order valence-corrected chi connectivity index (χ4v) is 3.89. The molecule has 0 atom stereocenters. The van der Waals surface area contributed by atoms with E-state index in [1.807, 2.05) is 41.3 Å². The van der Waals surface area contributed by atoms with E-state index in [4.69, 9.17) is 0 Å². The van der Waals surface area contributed by atoms with Gasteiger partial charge in [0.05, 0.1) is 6.42 Å². The van der Waals surface area contributed by atoms with E-state index in [9.17, 15) is 4.79 Å². The van der Waals surface area contributed by atoms with Gasteiger partial charge < -0.3 is 15.1 Å². The van der Waals surface area contributed by atoms with Gasteiger partial charge in [-0.3, -0.25) is 4.79 Å². The molecule has 2 aromatic rings. The van der Waals surface area contributed by atoms with Crippen LogP contribution in [-0.2, 0) is 17.8 Å². The Balaban J connectivity index is 0.00000225. The molecule has 166 valence electrons. The third-order valence-corrected chi connectivity index (χ3v) is 5.18. The molecule has 1 aliphatic rings. The van der Waals surface area contributed by atoms with Gasteiger partial charge in [0.15, 0.2) is 0 Å². The second-order valence-corrected chi connectivity index (χ2v) is 8.06. The molecule has 3 rings (SSSR count). The SMILES string of the molecule is CC(C)CN1CCCN(C(=O)Cc2ccccc2)c2ccccc2CNCC1.Cl.Cl. The lowest BCUT2D eigenvalue weighted by Gasteiger charge is -2.27. The maximum atomic E-state index is 13.2. The Labute approximate surface area is 193 Å². The number of carbonyl (C=O) groups excluding carboxylic acids is 1. The van der Waals surface area contributed by atoms with Gasteiger partial charge in [-0.1, -0.05) is 62.4 Å². The molecule has 0 aliphatic carbocycles. The van der Waals surface area contributed by atoms with E-state index in [0.717, 1.165) is 56.9 Å². The molecule has 0 radical (unpaired) electrons. The summed E-state index contributed by atoms with van der Waals surface area (Å²) < 4.78 is 0. The van der Waals surface area contributed by atoms with Crippen LogP contribution in [0.5, 0.6) is 0 Å². The van der Waals surface area contributed by atoms with Crippen LogP contribution in [0.4, 0.5) is 5.69 Å². The van der Waals surface area contributed by atoms with E-state index in [1.54, 1.807) is 0 Å². The Morgan fingerprint density at radius 3 is 2.40 bits per heavy atom. The average Bonchev–Trinajstić information content (AvgIpc) is 2.72.